The van der Waals surface area contributed by atoms with Gasteiger partial charge in [-0.2, -0.15) is 0 Å². The van der Waals surface area contributed by atoms with Crippen molar-refractivity contribution >= 4 is 46.2 Å². The Bertz CT molecular complexity index is 2400. The van der Waals surface area contributed by atoms with Gasteiger partial charge in [0.2, 0.25) is 18.0 Å². The lowest BCUT2D eigenvalue weighted by Gasteiger charge is -2.63. The van der Waals surface area contributed by atoms with Gasteiger partial charge in [0.05, 0.1) is 30.2 Å². The Balaban J connectivity index is 0.955. The third-order valence-corrected chi connectivity index (χ3v) is 16.3. The molecular weight excluding hydrogens is 825 g/mol. The van der Waals surface area contributed by atoms with E-state index >= 15 is 8.78 Å². The fraction of sp³-hybridized carbons (Fsp3) is 0.652. The largest absolute Gasteiger partial charge is 0.492 e. The van der Waals surface area contributed by atoms with Gasteiger partial charge in [-0.3, -0.25) is 19.2 Å². The highest BCUT2D eigenvalue weighted by Crippen LogP contribution is 2.70. The second kappa shape index (κ2) is 15.4. The van der Waals surface area contributed by atoms with Gasteiger partial charge in [-0.25, -0.2) is 18.4 Å². The number of amides is 1. The van der Waals surface area contributed by atoms with Crippen molar-refractivity contribution in [2.45, 2.75) is 121 Å². The van der Waals surface area contributed by atoms with Crippen LogP contribution in [-0.4, -0.2) is 113 Å². The van der Waals surface area contributed by atoms with Crippen molar-refractivity contribution in [2.24, 2.45) is 28.6 Å². The number of pyridine rings is 1. The van der Waals surface area contributed by atoms with E-state index in [2.05, 4.69) is 0 Å². The average Bonchev–Trinajstić information content (AvgIpc) is 3.94. The molecule has 2 N–H and O–H groups in total. The van der Waals surface area contributed by atoms with Crippen molar-refractivity contribution in [3.63, 3.8) is 0 Å². The molecule has 15 nitrogen and oxygen atoms in total. The number of allylic oxidation sites excluding steroid dienone is 1. The van der Waals surface area contributed by atoms with E-state index in [1.807, 2.05) is 0 Å². The summed E-state index contributed by atoms with van der Waals surface area (Å²) in [5, 5.41) is 23.7. The van der Waals surface area contributed by atoms with Crippen LogP contribution in [0.2, 0.25) is 0 Å². The minimum absolute atomic E-state index is 0.0348. The first-order valence-corrected chi connectivity index (χ1v) is 22.2. The highest BCUT2D eigenvalue weighted by Gasteiger charge is 2.74. The minimum Gasteiger partial charge on any atom is -0.492 e. The number of nitrogens with zero attached hydrogens (tertiary/aromatic N) is 3. The second-order valence-corrected chi connectivity index (χ2v) is 19.4. The van der Waals surface area contributed by atoms with Crippen LogP contribution in [0.25, 0.3) is 10.9 Å². The number of ketones is 2. The van der Waals surface area contributed by atoms with Crippen molar-refractivity contribution in [1.82, 2.24) is 9.47 Å². The number of halogens is 2. The summed E-state index contributed by atoms with van der Waals surface area (Å²) in [7, 11) is 1.37. The van der Waals surface area contributed by atoms with Crippen LogP contribution in [0, 0.1) is 34.4 Å². The van der Waals surface area contributed by atoms with E-state index < -0.39 is 94.1 Å². The van der Waals surface area contributed by atoms with Crippen molar-refractivity contribution in [2.75, 3.05) is 45.0 Å². The lowest BCUT2D eigenvalue weighted by Crippen LogP contribution is -2.69. The van der Waals surface area contributed by atoms with E-state index in [1.54, 1.807) is 28.2 Å². The number of ether oxygens (including phenoxy) is 4. The summed E-state index contributed by atoms with van der Waals surface area (Å²) in [5.41, 5.74) is -6.66. The normalized spacial score (nSPS) is 34.6. The Morgan fingerprint density at radius 3 is 2.44 bits per heavy atom. The number of methoxy groups -OCH3 is 1. The van der Waals surface area contributed by atoms with Gasteiger partial charge in [-0.1, -0.05) is 19.4 Å². The molecule has 7 aliphatic rings. The molecule has 6 fully saturated rings. The van der Waals surface area contributed by atoms with Gasteiger partial charge < -0.3 is 43.5 Å². The molecule has 2 saturated heterocycles. The number of aromatic nitrogens is 1. The molecule has 2 unspecified atom stereocenters. The predicted molar refractivity (Wildman–Crippen MR) is 220 cm³/mol. The summed E-state index contributed by atoms with van der Waals surface area (Å²) >= 11 is 0. The van der Waals surface area contributed by atoms with Crippen LogP contribution in [0.3, 0.4) is 0 Å². The molecule has 1 aromatic heterocycles. The smallest absolute Gasteiger partial charge is 0.412 e. The second-order valence-electron chi connectivity index (χ2n) is 19.4. The van der Waals surface area contributed by atoms with Gasteiger partial charge in [0.1, 0.15) is 22.5 Å². The van der Waals surface area contributed by atoms with Crippen LogP contribution < -0.4 is 15.1 Å². The first kappa shape index (κ1) is 43.4. The van der Waals surface area contributed by atoms with Crippen molar-refractivity contribution in [3.05, 3.63) is 45.5 Å². The third-order valence-electron chi connectivity index (χ3n) is 16.3. The lowest BCUT2D eigenvalue weighted by molar-refractivity contribution is -0.226. The molecule has 0 spiro atoms. The number of hydrogen-bond donors (Lipinski definition) is 2. The highest BCUT2D eigenvalue weighted by atomic mass is 19.1. The van der Waals surface area contributed by atoms with Gasteiger partial charge in [-0.15, -0.1) is 0 Å². The average molecular weight is 880 g/mol. The SMILES string of the molecule is COc1c(N2CC3CCCN(C(=O)OCOC(C)=O)C3C2)c(F)cc2c(=O)c(C(=O)OCC(=O)[C@@]3(O)CC[C@H]4[C@@H]5CCC6=CC(=O)CC[C@]6(C)[C@@]5(F)[C@@H](O)C[C@@]43C)cn(C3CC3)c12. The quantitative estimate of drug-likeness (QED) is 0.250. The van der Waals surface area contributed by atoms with E-state index in [9.17, 15) is 39.0 Å². The van der Waals surface area contributed by atoms with E-state index in [1.165, 1.54) is 26.3 Å². The zero-order valence-corrected chi connectivity index (χ0v) is 36.1. The van der Waals surface area contributed by atoms with Gasteiger partial charge in [0.15, 0.2) is 24.0 Å². The molecule has 0 bridgehead atoms. The predicted octanol–water partition coefficient (Wildman–Crippen LogP) is 5.09. The van der Waals surface area contributed by atoms with Crippen LogP contribution in [0.4, 0.5) is 19.3 Å². The number of piperidine rings is 1. The number of likely N-dealkylation sites (tertiary alicyclic amines) is 1. The Kier molecular flexibility index (Phi) is 10.6. The number of hydrogen-bond acceptors (Lipinski definition) is 13. The summed E-state index contributed by atoms with van der Waals surface area (Å²) in [6.45, 7) is 4.26. The van der Waals surface area contributed by atoms with Crippen molar-refractivity contribution in [3.8, 4) is 5.75 Å². The molecular formula is C46H55F2N3O12. The van der Waals surface area contributed by atoms with Crippen LogP contribution in [0.5, 0.6) is 5.75 Å². The number of Topliss-reactive ketones (excluding diaryl/α,β-unsaturated/α-hetero) is 1. The first-order valence-electron chi connectivity index (χ1n) is 22.2. The van der Waals surface area contributed by atoms with Crippen LogP contribution in [0.15, 0.2) is 28.7 Å². The van der Waals surface area contributed by atoms with E-state index in [0.717, 1.165) is 12.5 Å². The van der Waals surface area contributed by atoms with Gasteiger partial charge in [-0.05, 0) is 88.2 Å². The molecule has 2 aliphatic heterocycles. The van der Waals surface area contributed by atoms with E-state index in [0.29, 0.717) is 57.2 Å². The number of carbonyl (C=O) groups is 5. The number of fused-ring (bicyclic) bond motifs is 7. The summed E-state index contributed by atoms with van der Waals surface area (Å²) in [6, 6.07) is 0.577. The Morgan fingerprint density at radius 2 is 1.73 bits per heavy atom. The molecule has 2 aromatic rings. The Morgan fingerprint density at radius 1 is 0.968 bits per heavy atom. The number of anilines is 1. The molecule has 63 heavy (non-hydrogen) atoms. The number of benzene rings is 1. The monoisotopic (exact) mass is 879 g/mol. The van der Waals surface area contributed by atoms with Crippen LogP contribution in [0.1, 0.15) is 108 Å². The third kappa shape index (κ3) is 6.52. The lowest BCUT2D eigenvalue weighted by atomic mass is 9.44. The van der Waals surface area contributed by atoms with Crippen LogP contribution >= 0.6 is 0 Å². The number of aliphatic hydroxyl groups excluding tert-OH is 1. The molecule has 340 valence electrons. The van der Waals surface area contributed by atoms with Crippen LogP contribution in [-0.2, 0) is 28.6 Å². The molecule has 1 aromatic carbocycles. The maximum atomic E-state index is 17.6. The maximum Gasteiger partial charge on any atom is 0.412 e. The molecule has 0 radical (unpaired) electrons. The number of esters is 2. The number of carbonyl (C=O) groups excluding carboxylic acids is 5. The Hall–Kier alpha value is -4.90. The van der Waals surface area contributed by atoms with Gasteiger partial charge in [0, 0.05) is 62.0 Å². The fourth-order valence-corrected chi connectivity index (χ4v) is 12.9. The maximum absolute atomic E-state index is 17.6. The fourth-order valence-electron chi connectivity index (χ4n) is 12.9. The molecule has 17 heteroatoms. The first-order chi connectivity index (χ1) is 29.9. The van der Waals surface area contributed by atoms with Crippen molar-refractivity contribution < 1.29 is 61.9 Å². The summed E-state index contributed by atoms with van der Waals surface area (Å²) < 4.78 is 57.1. The molecule has 3 heterocycles. The standard InChI is InChI=1S/C46H55F2N3O12/c1-24(52)62-23-63-42(58)50-15-5-6-25-19-49(21-34(25)50)38-33(47)17-29-37(40(38)60-4)51(27-8-9-27)20-30(39(29)56)41(57)61-22-36(55)45(59)14-12-31-32-10-7-26-16-28(53)11-13-43(26,2)46(32,48)35(54)18-44(31,45)3/h16-17,20,25,27,31-32,34-35,54,59H,5-15,18-19,21-23H2,1-4H3/t25?,31-,32-,34?,35-,43-,44-,45-,46-/m0/s1. The molecule has 5 aliphatic carbocycles. The molecule has 1 amide bonds. The summed E-state index contributed by atoms with van der Waals surface area (Å²) in [4.78, 5) is 81.9. The number of rotatable bonds is 9. The summed E-state index contributed by atoms with van der Waals surface area (Å²) in [6.07, 6.45) is 4.86. The van der Waals surface area contributed by atoms with Gasteiger partial charge in [0.25, 0.3) is 0 Å². The highest BCUT2D eigenvalue weighted by molar-refractivity contribution is 5.99. The molecule has 9 atom stereocenters. The molecule has 4 saturated carbocycles. The summed E-state index contributed by atoms with van der Waals surface area (Å²) in [5.74, 6) is -4.51. The molecule has 9 rings (SSSR count). The number of alkyl halides is 1. The van der Waals surface area contributed by atoms with Gasteiger partial charge >= 0.3 is 18.0 Å². The Labute approximate surface area is 362 Å². The topological polar surface area (TPSA) is 191 Å². The van der Waals surface area contributed by atoms with Crippen molar-refractivity contribution in [1.29, 1.82) is 0 Å². The zero-order valence-electron chi connectivity index (χ0n) is 36.1. The minimum atomic E-state index is -2.07. The zero-order chi connectivity index (χ0) is 45.0. The van der Waals surface area contributed by atoms with E-state index in [4.69, 9.17) is 18.9 Å². The van der Waals surface area contributed by atoms with E-state index in [-0.39, 0.29) is 78.4 Å². The number of aliphatic hydroxyl groups is 2.